The van der Waals surface area contributed by atoms with Crippen LogP contribution in [0.2, 0.25) is 0 Å². The largest absolute Gasteiger partial charge is 0.467 e. The number of benzene rings is 2. The molecule has 1 aromatic heterocycles. The Hall–Kier alpha value is -3.32. The van der Waals surface area contributed by atoms with Crippen molar-refractivity contribution >= 4 is 27.2 Å². The highest BCUT2D eigenvalue weighted by atomic mass is 32.2. The van der Waals surface area contributed by atoms with E-state index in [4.69, 9.17) is 4.42 Å². The molecule has 0 amide bonds. The van der Waals surface area contributed by atoms with Crippen molar-refractivity contribution in [3.63, 3.8) is 0 Å². The molecule has 1 unspecified atom stereocenters. The Labute approximate surface area is 187 Å². The van der Waals surface area contributed by atoms with Gasteiger partial charge in [-0.15, -0.1) is 0 Å². The van der Waals surface area contributed by atoms with Crippen LogP contribution < -0.4 is 9.62 Å². The van der Waals surface area contributed by atoms with E-state index in [1.807, 2.05) is 26.0 Å². The second-order valence-electron chi connectivity index (χ2n) is 9.01. The van der Waals surface area contributed by atoms with E-state index in [0.717, 1.165) is 5.70 Å². The summed E-state index contributed by atoms with van der Waals surface area (Å²) in [4.78, 5) is 13.7. The first-order chi connectivity index (χ1) is 15.3. The highest BCUT2D eigenvalue weighted by molar-refractivity contribution is 7.92. The molecule has 164 valence electrons. The SMILES string of the molecule is CC1(C)CC(=O)C2=C(C1)Nc1ccccc1N(S(=O)(=O)c1ccccc1)C2c1ccco1. The first-order valence-corrected chi connectivity index (χ1v) is 12.0. The number of fused-ring (bicyclic) bond motifs is 1. The van der Waals surface area contributed by atoms with Crippen molar-refractivity contribution in [3.8, 4) is 0 Å². The lowest BCUT2D eigenvalue weighted by atomic mass is 9.74. The Balaban J connectivity index is 1.83. The number of hydrogen-bond donors (Lipinski definition) is 1. The van der Waals surface area contributed by atoms with Gasteiger partial charge in [0.15, 0.2) is 5.78 Å². The molecule has 0 bridgehead atoms. The van der Waals surface area contributed by atoms with E-state index in [-0.39, 0.29) is 16.1 Å². The molecule has 6 nitrogen and oxygen atoms in total. The molecular formula is C25H24N2O4S. The minimum Gasteiger partial charge on any atom is -0.467 e. The van der Waals surface area contributed by atoms with E-state index < -0.39 is 16.1 Å². The fourth-order valence-electron chi connectivity index (χ4n) is 4.63. The van der Waals surface area contributed by atoms with E-state index >= 15 is 0 Å². The molecule has 1 aliphatic carbocycles. The van der Waals surface area contributed by atoms with Gasteiger partial charge in [-0.25, -0.2) is 12.7 Å². The van der Waals surface area contributed by atoms with Crippen LogP contribution in [0.5, 0.6) is 0 Å². The number of ketones is 1. The lowest BCUT2D eigenvalue weighted by Crippen LogP contribution is -2.39. The molecule has 0 spiro atoms. The summed E-state index contributed by atoms with van der Waals surface area (Å²) in [7, 11) is -4.03. The van der Waals surface area contributed by atoms with Gasteiger partial charge < -0.3 is 9.73 Å². The molecule has 1 atom stereocenters. The van der Waals surface area contributed by atoms with Gasteiger partial charge in [-0.1, -0.05) is 44.2 Å². The van der Waals surface area contributed by atoms with Crippen LogP contribution in [0, 0.1) is 5.41 Å². The molecule has 2 heterocycles. The summed E-state index contributed by atoms with van der Waals surface area (Å²) in [5.74, 6) is 0.329. The molecule has 0 radical (unpaired) electrons. The second kappa shape index (κ2) is 7.38. The van der Waals surface area contributed by atoms with Crippen LogP contribution in [0.25, 0.3) is 0 Å². The van der Waals surface area contributed by atoms with Crippen LogP contribution in [-0.2, 0) is 14.8 Å². The van der Waals surface area contributed by atoms with Crippen molar-refractivity contribution in [2.45, 2.75) is 37.6 Å². The van der Waals surface area contributed by atoms with E-state index in [1.165, 1.54) is 10.6 Å². The third-order valence-corrected chi connectivity index (χ3v) is 7.76. The third-order valence-electron chi connectivity index (χ3n) is 5.97. The maximum absolute atomic E-state index is 14.0. The Morgan fingerprint density at radius 3 is 2.41 bits per heavy atom. The molecule has 2 aliphatic rings. The second-order valence-corrected chi connectivity index (χ2v) is 10.8. The minimum atomic E-state index is -4.03. The lowest BCUT2D eigenvalue weighted by Gasteiger charge is -2.36. The maximum atomic E-state index is 14.0. The number of hydrogen-bond acceptors (Lipinski definition) is 5. The molecule has 0 saturated carbocycles. The first-order valence-electron chi connectivity index (χ1n) is 10.5. The van der Waals surface area contributed by atoms with Crippen LogP contribution in [0.3, 0.4) is 0 Å². The standard InChI is InChI=1S/C25H24N2O4S/c1-25(2)15-19-23(21(28)16-25)24(22-13-8-14-31-22)27(20-12-7-6-11-18(20)26-19)32(29,30)17-9-4-3-5-10-17/h3-14,24,26H,15-16H2,1-2H3. The summed E-state index contributed by atoms with van der Waals surface area (Å²) in [5.41, 5.74) is 2.05. The van der Waals surface area contributed by atoms with Crippen molar-refractivity contribution in [1.29, 1.82) is 0 Å². The number of Topliss-reactive ketones (excluding diaryl/α,β-unsaturated/α-hetero) is 1. The Morgan fingerprint density at radius 1 is 0.969 bits per heavy atom. The molecule has 0 fully saturated rings. The topological polar surface area (TPSA) is 79.6 Å². The molecule has 5 rings (SSSR count). The number of para-hydroxylation sites is 2. The molecule has 0 saturated heterocycles. The average molecular weight is 449 g/mol. The Morgan fingerprint density at radius 2 is 1.69 bits per heavy atom. The number of anilines is 2. The molecule has 1 aliphatic heterocycles. The molecule has 7 heteroatoms. The van der Waals surface area contributed by atoms with Crippen molar-refractivity contribution in [1.82, 2.24) is 0 Å². The zero-order valence-electron chi connectivity index (χ0n) is 17.9. The predicted molar refractivity (Wildman–Crippen MR) is 123 cm³/mol. The summed E-state index contributed by atoms with van der Waals surface area (Å²) < 4.78 is 35.1. The van der Waals surface area contributed by atoms with Crippen LogP contribution >= 0.6 is 0 Å². The van der Waals surface area contributed by atoms with Gasteiger partial charge in [0, 0.05) is 17.7 Å². The number of carbonyl (C=O) groups excluding carboxylic acids is 1. The number of nitrogens with zero attached hydrogens (tertiary/aromatic N) is 1. The maximum Gasteiger partial charge on any atom is 0.265 e. The predicted octanol–water partition coefficient (Wildman–Crippen LogP) is 5.28. The molecule has 2 aromatic carbocycles. The minimum absolute atomic E-state index is 0.0776. The molecule has 32 heavy (non-hydrogen) atoms. The Bertz CT molecular complexity index is 1310. The summed E-state index contributed by atoms with van der Waals surface area (Å²) in [5, 5.41) is 3.40. The summed E-state index contributed by atoms with van der Waals surface area (Å²) >= 11 is 0. The van der Waals surface area contributed by atoms with E-state index in [9.17, 15) is 13.2 Å². The van der Waals surface area contributed by atoms with Crippen LogP contribution in [-0.4, -0.2) is 14.2 Å². The summed E-state index contributed by atoms with van der Waals surface area (Å²) in [6, 6.07) is 18.0. The number of rotatable bonds is 3. The Kier molecular flexibility index (Phi) is 4.74. The van der Waals surface area contributed by atoms with Crippen molar-refractivity contribution in [2.75, 3.05) is 9.62 Å². The fraction of sp³-hybridized carbons (Fsp3) is 0.240. The van der Waals surface area contributed by atoms with Gasteiger partial charge in [0.05, 0.1) is 22.5 Å². The van der Waals surface area contributed by atoms with E-state index in [1.54, 1.807) is 54.6 Å². The quantitative estimate of drug-likeness (QED) is 0.589. The van der Waals surface area contributed by atoms with Gasteiger partial charge in [-0.05, 0) is 48.2 Å². The average Bonchev–Trinajstić information content (AvgIpc) is 3.23. The van der Waals surface area contributed by atoms with Gasteiger partial charge in [-0.3, -0.25) is 4.79 Å². The highest BCUT2D eigenvalue weighted by Gasteiger charge is 2.46. The number of nitrogens with one attached hydrogen (secondary N) is 1. The van der Waals surface area contributed by atoms with Crippen LogP contribution in [0.15, 0.2) is 93.6 Å². The normalized spacial score (nSPS) is 20.2. The smallest absolute Gasteiger partial charge is 0.265 e. The van der Waals surface area contributed by atoms with Gasteiger partial charge in [0.2, 0.25) is 0 Å². The van der Waals surface area contributed by atoms with Gasteiger partial charge in [0.25, 0.3) is 10.0 Å². The number of sulfonamides is 1. The molecule has 1 N–H and O–H groups in total. The summed E-state index contributed by atoms with van der Waals surface area (Å²) in [6.45, 7) is 4.10. The number of furan rings is 1. The van der Waals surface area contributed by atoms with Crippen LogP contribution in [0.1, 0.15) is 38.5 Å². The first kappa shape index (κ1) is 20.6. The number of allylic oxidation sites excluding steroid dienone is 1. The fourth-order valence-corrected chi connectivity index (χ4v) is 6.27. The van der Waals surface area contributed by atoms with Gasteiger partial charge in [0.1, 0.15) is 11.8 Å². The van der Waals surface area contributed by atoms with E-state index in [2.05, 4.69) is 5.32 Å². The molecule has 3 aromatic rings. The van der Waals surface area contributed by atoms with Crippen molar-refractivity contribution in [3.05, 3.63) is 90.0 Å². The zero-order chi connectivity index (χ0) is 22.5. The van der Waals surface area contributed by atoms with E-state index in [0.29, 0.717) is 35.5 Å². The number of carbonyl (C=O) groups is 1. The zero-order valence-corrected chi connectivity index (χ0v) is 18.7. The third kappa shape index (κ3) is 3.33. The lowest BCUT2D eigenvalue weighted by molar-refractivity contribution is -0.118. The molecular weight excluding hydrogens is 424 g/mol. The van der Waals surface area contributed by atoms with Gasteiger partial charge in [-0.2, -0.15) is 0 Å². The monoisotopic (exact) mass is 448 g/mol. The highest BCUT2D eigenvalue weighted by Crippen LogP contribution is 2.49. The van der Waals surface area contributed by atoms with Gasteiger partial charge >= 0.3 is 0 Å². The van der Waals surface area contributed by atoms with Crippen molar-refractivity contribution < 1.29 is 17.6 Å². The van der Waals surface area contributed by atoms with Crippen LogP contribution in [0.4, 0.5) is 11.4 Å². The summed E-state index contributed by atoms with van der Waals surface area (Å²) in [6.07, 6.45) is 2.46. The van der Waals surface area contributed by atoms with Crippen molar-refractivity contribution in [2.24, 2.45) is 5.41 Å².